The lowest BCUT2D eigenvalue weighted by Gasteiger charge is -2.22. The number of hydrogen-bond donors (Lipinski definition) is 0. The molecule has 0 aliphatic rings. The van der Waals surface area contributed by atoms with Gasteiger partial charge in [0.1, 0.15) is 0 Å². The first-order valence-corrected chi connectivity index (χ1v) is 4.39. The van der Waals surface area contributed by atoms with Crippen LogP contribution in [0.3, 0.4) is 0 Å². The van der Waals surface area contributed by atoms with Crippen molar-refractivity contribution in [3.63, 3.8) is 0 Å². The van der Waals surface area contributed by atoms with Gasteiger partial charge in [-0.3, -0.25) is 0 Å². The van der Waals surface area contributed by atoms with Crippen LogP contribution in [-0.2, 0) is 0 Å². The van der Waals surface area contributed by atoms with Crippen molar-refractivity contribution in [1.29, 1.82) is 0 Å². The van der Waals surface area contributed by atoms with Gasteiger partial charge in [0, 0.05) is 5.41 Å². The summed E-state index contributed by atoms with van der Waals surface area (Å²) in [4.78, 5) is 0. The van der Waals surface area contributed by atoms with Crippen LogP contribution in [-0.4, -0.2) is 0 Å². The molecule has 0 aliphatic heterocycles. The highest BCUT2D eigenvalue weighted by molar-refractivity contribution is 5.24. The fourth-order valence-corrected chi connectivity index (χ4v) is 1.11. The Morgan fingerprint density at radius 1 is 1.25 bits per heavy atom. The highest BCUT2D eigenvalue weighted by Gasteiger charge is 2.15. The second kappa shape index (κ2) is 4.30. The van der Waals surface area contributed by atoms with Crippen LogP contribution in [0.1, 0.15) is 34.6 Å². The molecule has 0 saturated heterocycles. The lowest BCUT2D eigenvalue weighted by atomic mass is 9.83. The average molecular weight is 164 g/mol. The summed E-state index contributed by atoms with van der Waals surface area (Å²) in [6, 6.07) is 0. The third-order valence-electron chi connectivity index (χ3n) is 2.36. The van der Waals surface area contributed by atoms with Crippen LogP contribution >= 0.6 is 0 Å². The molecule has 0 amide bonds. The fourth-order valence-electron chi connectivity index (χ4n) is 1.11. The Bertz CT molecular complexity index is 214. The van der Waals surface area contributed by atoms with E-state index >= 15 is 0 Å². The summed E-state index contributed by atoms with van der Waals surface area (Å²) in [7, 11) is 0. The molecule has 0 aromatic rings. The molecule has 0 heteroatoms. The summed E-state index contributed by atoms with van der Waals surface area (Å²) in [6.07, 6.45) is 6.30. The van der Waals surface area contributed by atoms with E-state index < -0.39 is 0 Å². The van der Waals surface area contributed by atoms with Crippen LogP contribution in [0.4, 0.5) is 0 Å². The van der Waals surface area contributed by atoms with Crippen molar-refractivity contribution in [3.05, 3.63) is 36.0 Å². The van der Waals surface area contributed by atoms with Gasteiger partial charge in [0.25, 0.3) is 0 Å². The molecule has 68 valence electrons. The Morgan fingerprint density at radius 2 is 1.75 bits per heavy atom. The lowest BCUT2D eigenvalue weighted by Crippen LogP contribution is -2.09. The third kappa shape index (κ3) is 3.08. The Balaban J connectivity index is 4.75. The minimum Gasteiger partial charge on any atom is -0.0988 e. The molecule has 0 aliphatic carbocycles. The molecule has 0 bridgehead atoms. The summed E-state index contributed by atoms with van der Waals surface area (Å²) in [5.41, 5.74) is 2.79. The quantitative estimate of drug-likeness (QED) is 0.435. The molecule has 0 rings (SSSR count). The van der Waals surface area contributed by atoms with Crippen LogP contribution in [0.15, 0.2) is 36.0 Å². The zero-order valence-corrected chi connectivity index (χ0v) is 8.94. The van der Waals surface area contributed by atoms with E-state index in [1.54, 1.807) is 0 Å². The van der Waals surface area contributed by atoms with Gasteiger partial charge in [0.2, 0.25) is 0 Å². The van der Waals surface area contributed by atoms with Gasteiger partial charge in [-0.2, -0.15) is 0 Å². The van der Waals surface area contributed by atoms with Crippen LogP contribution in [0.25, 0.3) is 0 Å². The fraction of sp³-hybridized carbons (Fsp3) is 0.500. The van der Waals surface area contributed by atoms with E-state index in [4.69, 9.17) is 0 Å². The molecule has 12 heavy (non-hydrogen) atoms. The number of rotatable bonds is 3. The van der Waals surface area contributed by atoms with Gasteiger partial charge in [0.15, 0.2) is 0 Å². The maximum absolute atomic E-state index is 3.74. The molecule has 0 aromatic carbocycles. The standard InChI is InChI=1S/C12H20/c1-7-10(3)9-12(5,6)11(4)8-2/h7-9H,1H2,2-6H3/b10-9+,11-8+. The largest absolute Gasteiger partial charge is 0.0988 e. The van der Waals surface area contributed by atoms with E-state index in [9.17, 15) is 0 Å². The zero-order valence-electron chi connectivity index (χ0n) is 8.94. The first-order chi connectivity index (χ1) is 5.44. The summed E-state index contributed by atoms with van der Waals surface area (Å²) in [6.45, 7) is 14.5. The summed E-state index contributed by atoms with van der Waals surface area (Å²) >= 11 is 0. The smallest absolute Gasteiger partial charge is 0.00370 e. The number of hydrogen-bond acceptors (Lipinski definition) is 0. The molecule has 0 N–H and O–H groups in total. The molecule has 0 saturated carbocycles. The SMILES string of the molecule is C=C/C(C)=C/C(C)(C)/C(C)=C/C. The molecule has 0 fully saturated rings. The van der Waals surface area contributed by atoms with E-state index in [0.29, 0.717) is 0 Å². The average Bonchev–Trinajstić information content (AvgIpc) is 2.02. The van der Waals surface area contributed by atoms with Gasteiger partial charge in [0.05, 0.1) is 0 Å². The molecular formula is C12H20. The van der Waals surface area contributed by atoms with Crippen LogP contribution in [0.5, 0.6) is 0 Å². The number of allylic oxidation sites excluding steroid dienone is 5. The van der Waals surface area contributed by atoms with Crippen molar-refractivity contribution in [2.24, 2.45) is 5.41 Å². The summed E-state index contributed by atoms with van der Waals surface area (Å²) in [5.74, 6) is 0. The van der Waals surface area contributed by atoms with Crippen molar-refractivity contribution in [2.45, 2.75) is 34.6 Å². The van der Waals surface area contributed by atoms with Gasteiger partial charge in [-0.25, -0.2) is 0 Å². The second-order valence-electron chi connectivity index (χ2n) is 3.79. The van der Waals surface area contributed by atoms with E-state index in [2.05, 4.69) is 53.3 Å². The second-order valence-corrected chi connectivity index (χ2v) is 3.79. The summed E-state index contributed by atoms with van der Waals surface area (Å²) < 4.78 is 0. The normalized spacial score (nSPS) is 14.8. The van der Waals surface area contributed by atoms with Gasteiger partial charge < -0.3 is 0 Å². The molecule has 0 spiro atoms. The van der Waals surface area contributed by atoms with Crippen molar-refractivity contribution in [1.82, 2.24) is 0 Å². The third-order valence-corrected chi connectivity index (χ3v) is 2.36. The van der Waals surface area contributed by atoms with Gasteiger partial charge in [-0.05, 0) is 20.8 Å². The lowest BCUT2D eigenvalue weighted by molar-refractivity contribution is 0.575. The Kier molecular flexibility index (Phi) is 4.02. The topological polar surface area (TPSA) is 0 Å². The van der Waals surface area contributed by atoms with E-state index in [1.165, 1.54) is 11.1 Å². The zero-order chi connectivity index (χ0) is 9.78. The minimum atomic E-state index is 0.160. The molecule has 0 atom stereocenters. The molecule has 0 nitrogen and oxygen atoms in total. The van der Waals surface area contributed by atoms with E-state index in [0.717, 1.165) is 0 Å². The first kappa shape index (κ1) is 11.2. The highest BCUT2D eigenvalue weighted by Crippen LogP contribution is 2.28. The van der Waals surface area contributed by atoms with E-state index in [-0.39, 0.29) is 5.41 Å². The van der Waals surface area contributed by atoms with E-state index in [1.807, 2.05) is 6.08 Å². The molecule has 0 radical (unpaired) electrons. The van der Waals surface area contributed by atoms with Crippen molar-refractivity contribution in [2.75, 3.05) is 0 Å². The van der Waals surface area contributed by atoms with Crippen LogP contribution in [0.2, 0.25) is 0 Å². The highest BCUT2D eigenvalue weighted by atomic mass is 14.2. The Labute approximate surface area is 76.7 Å². The van der Waals surface area contributed by atoms with Crippen LogP contribution < -0.4 is 0 Å². The summed E-state index contributed by atoms with van der Waals surface area (Å²) in [5, 5.41) is 0. The minimum absolute atomic E-state index is 0.160. The maximum atomic E-state index is 3.74. The van der Waals surface area contributed by atoms with Crippen molar-refractivity contribution < 1.29 is 0 Å². The predicted octanol–water partition coefficient (Wildman–Crippen LogP) is 4.11. The van der Waals surface area contributed by atoms with Crippen molar-refractivity contribution in [3.8, 4) is 0 Å². The van der Waals surface area contributed by atoms with Gasteiger partial charge >= 0.3 is 0 Å². The Morgan fingerprint density at radius 3 is 2.08 bits per heavy atom. The molecule has 0 unspecified atom stereocenters. The maximum Gasteiger partial charge on any atom is 0.00370 e. The molecule has 0 heterocycles. The van der Waals surface area contributed by atoms with Crippen molar-refractivity contribution >= 4 is 0 Å². The monoisotopic (exact) mass is 164 g/mol. The molecular weight excluding hydrogens is 144 g/mol. The van der Waals surface area contributed by atoms with Crippen LogP contribution in [0, 0.1) is 5.41 Å². The van der Waals surface area contributed by atoms with Gasteiger partial charge in [-0.15, -0.1) is 0 Å². The predicted molar refractivity (Wildman–Crippen MR) is 57.2 cm³/mol. The molecule has 0 aromatic heterocycles. The van der Waals surface area contributed by atoms with Gasteiger partial charge in [-0.1, -0.05) is 49.8 Å². The Hall–Kier alpha value is -0.780. The first-order valence-electron chi connectivity index (χ1n) is 4.39.